The smallest absolute Gasteiger partial charge is 0.346 e. The maximum Gasteiger partial charge on any atom is 0.346 e. The standard InChI is InChI=1S/C21H15Cl2N3O7S/c1-32-19-10-13(12-24-25-21(27)15-8-7-14(22)11-16(15)23)6-9-18(19)33-34(30,31)20-5-3-2-4-17(20)26(28)29/h2-12H,1H3,(H,25,27)/b24-12-. The monoisotopic (exact) mass is 523 g/mol. The molecule has 0 heterocycles. The molecule has 0 aliphatic carbocycles. The first-order valence-corrected chi connectivity index (χ1v) is 11.4. The molecule has 0 bridgehead atoms. The lowest BCUT2D eigenvalue weighted by atomic mass is 10.2. The van der Waals surface area contributed by atoms with Crippen molar-refractivity contribution < 1.29 is 27.1 Å². The molecule has 0 aliphatic heterocycles. The Morgan fingerprint density at radius 1 is 1.09 bits per heavy atom. The number of hydrazone groups is 1. The normalized spacial score (nSPS) is 11.3. The van der Waals surface area contributed by atoms with Crippen LogP contribution in [0.5, 0.6) is 11.5 Å². The first-order chi connectivity index (χ1) is 16.1. The molecular weight excluding hydrogens is 509 g/mol. The summed E-state index contributed by atoms with van der Waals surface area (Å²) in [6.07, 6.45) is 1.28. The molecule has 0 unspecified atom stereocenters. The summed E-state index contributed by atoms with van der Waals surface area (Å²) in [6.45, 7) is 0. The molecule has 0 radical (unpaired) electrons. The van der Waals surface area contributed by atoms with Crippen molar-refractivity contribution in [2.75, 3.05) is 7.11 Å². The third kappa shape index (κ3) is 5.81. The Hall–Kier alpha value is -3.67. The number of methoxy groups -OCH3 is 1. The average Bonchev–Trinajstić information content (AvgIpc) is 2.79. The number of amides is 1. The molecule has 3 aromatic rings. The minimum Gasteiger partial charge on any atom is -0.493 e. The van der Waals surface area contributed by atoms with Crippen molar-refractivity contribution in [3.05, 3.63) is 92.0 Å². The molecule has 3 rings (SSSR count). The fourth-order valence-corrected chi connectivity index (χ4v) is 4.32. The third-order valence-corrected chi connectivity index (χ3v) is 6.10. The van der Waals surface area contributed by atoms with Crippen molar-refractivity contribution in [2.45, 2.75) is 4.90 Å². The van der Waals surface area contributed by atoms with Crippen LogP contribution in [0, 0.1) is 10.1 Å². The van der Waals surface area contributed by atoms with E-state index in [-0.39, 0.29) is 22.1 Å². The van der Waals surface area contributed by atoms with E-state index in [2.05, 4.69) is 10.5 Å². The van der Waals surface area contributed by atoms with E-state index in [1.165, 1.54) is 61.9 Å². The van der Waals surface area contributed by atoms with Crippen LogP contribution in [-0.4, -0.2) is 32.6 Å². The molecule has 176 valence electrons. The van der Waals surface area contributed by atoms with Gasteiger partial charge in [0.25, 0.3) is 11.6 Å². The Kier molecular flexibility index (Phi) is 7.72. The fraction of sp³-hybridized carbons (Fsp3) is 0.0476. The van der Waals surface area contributed by atoms with Gasteiger partial charge in [0.15, 0.2) is 16.4 Å². The number of carbonyl (C=O) groups is 1. The van der Waals surface area contributed by atoms with E-state index in [4.69, 9.17) is 32.1 Å². The largest absolute Gasteiger partial charge is 0.493 e. The molecule has 0 spiro atoms. The van der Waals surface area contributed by atoms with Crippen LogP contribution in [0.3, 0.4) is 0 Å². The van der Waals surface area contributed by atoms with E-state index in [0.29, 0.717) is 10.6 Å². The summed E-state index contributed by atoms with van der Waals surface area (Å²) >= 11 is 11.8. The van der Waals surface area contributed by atoms with Gasteiger partial charge in [0.1, 0.15) is 0 Å². The molecule has 1 amide bonds. The molecule has 0 aromatic heterocycles. The summed E-state index contributed by atoms with van der Waals surface area (Å²) < 4.78 is 35.5. The van der Waals surface area contributed by atoms with Crippen LogP contribution in [0.1, 0.15) is 15.9 Å². The van der Waals surface area contributed by atoms with Crippen molar-refractivity contribution in [3.8, 4) is 11.5 Å². The Morgan fingerprint density at radius 2 is 1.82 bits per heavy atom. The van der Waals surface area contributed by atoms with Crippen molar-refractivity contribution in [1.29, 1.82) is 0 Å². The molecule has 0 saturated carbocycles. The summed E-state index contributed by atoms with van der Waals surface area (Å²) in [6, 6.07) is 13.3. The van der Waals surface area contributed by atoms with Gasteiger partial charge in [-0.15, -0.1) is 0 Å². The number of hydrogen-bond acceptors (Lipinski definition) is 8. The van der Waals surface area contributed by atoms with Gasteiger partial charge in [-0.25, -0.2) is 5.43 Å². The van der Waals surface area contributed by atoms with E-state index in [9.17, 15) is 23.3 Å². The van der Waals surface area contributed by atoms with Gasteiger partial charge in [-0.2, -0.15) is 13.5 Å². The molecule has 3 aromatic carbocycles. The topological polar surface area (TPSA) is 137 Å². The maximum absolute atomic E-state index is 12.6. The number of carbonyl (C=O) groups excluding carboxylic acids is 1. The highest BCUT2D eigenvalue weighted by molar-refractivity contribution is 7.87. The van der Waals surface area contributed by atoms with Gasteiger partial charge in [0, 0.05) is 11.1 Å². The van der Waals surface area contributed by atoms with Crippen molar-refractivity contribution >= 4 is 51.1 Å². The van der Waals surface area contributed by atoms with Gasteiger partial charge < -0.3 is 8.92 Å². The number of halogens is 2. The van der Waals surface area contributed by atoms with Gasteiger partial charge in [0.05, 0.1) is 28.8 Å². The van der Waals surface area contributed by atoms with Gasteiger partial charge >= 0.3 is 10.1 Å². The highest BCUT2D eigenvalue weighted by Gasteiger charge is 2.28. The fourth-order valence-electron chi connectivity index (χ4n) is 2.72. The van der Waals surface area contributed by atoms with Crippen molar-refractivity contribution in [2.24, 2.45) is 5.10 Å². The highest BCUT2D eigenvalue weighted by Crippen LogP contribution is 2.32. The summed E-state index contributed by atoms with van der Waals surface area (Å²) in [5, 5.41) is 15.5. The van der Waals surface area contributed by atoms with Crippen molar-refractivity contribution in [1.82, 2.24) is 5.43 Å². The lowest BCUT2D eigenvalue weighted by molar-refractivity contribution is -0.387. The van der Waals surface area contributed by atoms with Crippen LogP contribution in [-0.2, 0) is 10.1 Å². The minimum absolute atomic E-state index is 0.0122. The molecule has 34 heavy (non-hydrogen) atoms. The molecule has 0 atom stereocenters. The van der Waals surface area contributed by atoms with Gasteiger partial charge in [-0.1, -0.05) is 35.3 Å². The van der Waals surface area contributed by atoms with E-state index in [0.717, 1.165) is 12.1 Å². The van der Waals surface area contributed by atoms with E-state index >= 15 is 0 Å². The number of ether oxygens (including phenoxy) is 1. The van der Waals surface area contributed by atoms with Crippen molar-refractivity contribution in [3.63, 3.8) is 0 Å². The number of nitrogens with one attached hydrogen (secondary N) is 1. The van der Waals surface area contributed by atoms with Crippen LogP contribution in [0.15, 0.2) is 70.7 Å². The average molecular weight is 524 g/mol. The molecule has 10 nitrogen and oxygen atoms in total. The Bertz CT molecular complexity index is 1390. The maximum atomic E-state index is 12.6. The SMILES string of the molecule is COc1cc(/C=N\NC(=O)c2ccc(Cl)cc2Cl)ccc1OS(=O)(=O)c1ccccc1[N+](=O)[O-]. The number of rotatable bonds is 8. The van der Waals surface area contributed by atoms with Gasteiger partial charge in [-0.05, 0) is 48.0 Å². The highest BCUT2D eigenvalue weighted by atomic mass is 35.5. The zero-order valence-electron chi connectivity index (χ0n) is 17.3. The molecule has 13 heteroatoms. The van der Waals surface area contributed by atoms with Gasteiger partial charge in [0.2, 0.25) is 0 Å². The second kappa shape index (κ2) is 10.5. The molecule has 0 fully saturated rings. The van der Waals surface area contributed by atoms with Gasteiger partial charge in [-0.3, -0.25) is 14.9 Å². The summed E-state index contributed by atoms with van der Waals surface area (Å²) in [4.78, 5) is 21.9. The van der Waals surface area contributed by atoms with E-state index in [1.54, 1.807) is 0 Å². The number of para-hydroxylation sites is 1. The Labute approximate surface area is 204 Å². The predicted molar refractivity (Wildman–Crippen MR) is 125 cm³/mol. The molecule has 0 saturated heterocycles. The van der Waals surface area contributed by atoms with Crippen LogP contribution < -0.4 is 14.3 Å². The van der Waals surface area contributed by atoms with E-state index < -0.39 is 31.5 Å². The summed E-state index contributed by atoms with van der Waals surface area (Å²) in [5.41, 5.74) is 2.28. The Balaban J connectivity index is 1.78. The molecule has 0 aliphatic rings. The second-order valence-electron chi connectivity index (χ2n) is 6.50. The summed E-state index contributed by atoms with van der Waals surface area (Å²) in [7, 11) is -3.25. The number of nitro groups is 1. The lowest BCUT2D eigenvalue weighted by Gasteiger charge is -2.11. The van der Waals surface area contributed by atoms with Crippen LogP contribution in [0.2, 0.25) is 10.0 Å². The number of nitrogens with zero attached hydrogens (tertiary/aromatic N) is 2. The second-order valence-corrected chi connectivity index (χ2v) is 8.85. The summed E-state index contributed by atoms with van der Waals surface area (Å²) in [5.74, 6) is -0.756. The number of nitro benzene ring substituents is 1. The van der Waals surface area contributed by atoms with E-state index in [1.807, 2.05) is 0 Å². The zero-order chi connectivity index (χ0) is 24.9. The van der Waals surface area contributed by atoms with Crippen LogP contribution in [0.4, 0.5) is 5.69 Å². The molecular formula is C21H15Cl2N3O7S. The Morgan fingerprint density at radius 3 is 2.50 bits per heavy atom. The predicted octanol–water partition coefficient (Wildman–Crippen LogP) is 4.44. The number of benzene rings is 3. The first kappa shape index (κ1) is 25.0. The first-order valence-electron chi connectivity index (χ1n) is 9.27. The lowest BCUT2D eigenvalue weighted by Crippen LogP contribution is -2.18. The number of hydrogen-bond donors (Lipinski definition) is 1. The third-order valence-electron chi connectivity index (χ3n) is 4.27. The minimum atomic E-state index is -4.53. The molecule has 1 N–H and O–H groups in total. The van der Waals surface area contributed by atoms with Crippen LogP contribution >= 0.6 is 23.2 Å². The zero-order valence-corrected chi connectivity index (χ0v) is 19.6. The quantitative estimate of drug-likeness (QED) is 0.199. The van der Waals surface area contributed by atoms with Crippen LogP contribution in [0.25, 0.3) is 0 Å².